The Bertz CT molecular complexity index is 463. The molecule has 0 fully saturated rings. The molecule has 5 nitrogen and oxygen atoms in total. The summed E-state index contributed by atoms with van der Waals surface area (Å²) in [5, 5.41) is 14.2. The van der Waals surface area contributed by atoms with E-state index in [1.807, 2.05) is 0 Å². The third-order valence-electron chi connectivity index (χ3n) is 3.28. The number of rotatable bonds is 6. The maximum Gasteiger partial charge on any atom is 0.274 e. The second-order valence-electron chi connectivity index (χ2n) is 5.00. The first kappa shape index (κ1) is 15.9. The quantitative estimate of drug-likeness (QED) is 0.619. The van der Waals surface area contributed by atoms with E-state index in [2.05, 4.69) is 35.1 Å². The molecule has 1 aromatic carbocycles. The van der Waals surface area contributed by atoms with Gasteiger partial charge < -0.3 is 11.1 Å². The number of halogens is 1. The van der Waals surface area contributed by atoms with Crippen LogP contribution >= 0.6 is 15.9 Å². The Labute approximate surface area is 121 Å². The number of nitrogens with zero attached hydrogens (tertiary/aromatic N) is 1. The lowest BCUT2D eigenvalue weighted by molar-refractivity contribution is -0.385. The minimum absolute atomic E-state index is 0.125. The number of hydrogen-bond donors (Lipinski definition) is 2. The number of nitro groups is 1. The zero-order chi connectivity index (χ0) is 14.6. The van der Waals surface area contributed by atoms with Gasteiger partial charge in [-0.15, -0.1) is 0 Å². The van der Waals surface area contributed by atoms with Crippen molar-refractivity contribution < 1.29 is 4.92 Å². The number of nitrogens with two attached hydrogens (primary N) is 1. The summed E-state index contributed by atoms with van der Waals surface area (Å²) >= 11 is 3.42. The van der Waals surface area contributed by atoms with Crippen molar-refractivity contribution in [3.63, 3.8) is 0 Å². The van der Waals surface area contributed by atoms with Gasteiger partial charge in [0, 0.05) is 22.6 Å². The second-order valence-corrected chi connectivity index (χ2v) is 5.85. The van der Waals surface area contributed by atoms with Crippen molar-refractivity contribution in [2.45, 2.75) is 20.8 Å². The Kier molecular flexibility index (Phi) is 5.75. The van der Waals surface area contributed by atoms with E-state index in [4.69, 9.17) is 5.73 Å². The Balaban J connectivity index is 2.89. The van der Waals surface area contributed by atoms with Crippen LogP contribution in [0.3, 0.4) is 0 Å². The van der Waals surface area contributed by atoms with Gasteiger partial charge in [-0.2, -0.15) is 0 Å². The smallest absolute Gasteiger partial charge is 0.274 e. The van der Waals surface area contributed by atoms with Crippen molar-refractivity contribution in [2.75, 3.05) is 18.4 Å². The van der Waals surface area contributed by atoms with Crippen molar-refractivity contribution >= 4 is 27.3 Å². The van der Waals surface area contributed by atoms with E-state index in [1.165, 1.54) is 0 Å². The van der Waals surface area contributed by atoms with Crippen LogP contribution in [0.1, 0.15) is 19.4 Å². The molecule has 106 valence electrons. The highest BCUT2D eigenvalue weighted by Gasteiger charge is 2.16. The van der Waals surface area contributed by atoms with Crippen molar-refractivity contribution in [1.29, 1.82) is 0 Å². The Morgan fingerprint density at radius 2 is 2.11 bits per heavy atom. The summed E-state index contributed by atoms with van der Waals surface area (Å²) in [7, 11) is 0. The van der Waals surface area contributed by atoms with E-state index in [1.54, 1.807) is 19.1 Å². The first-order valence-electron chi connectivity index (χ1n) is 6.25. The summed E-state index contributed by atoms with van der Waals surface area (Å²) in [5.74, 6) is 0.809. The van der Waals surface area contributed by atoms with Gasteiger partial charge in [-0.25, -0.2) is 0 Å². The number of hydrogen-bond acceptors (Lipinski definition) is 4. The van der Waals surface area contributed by atoms with Crippen molar-refractivity contribution in [2.24, 2.45) is 17.6 Å². The van der Waals surface area contributed by atoms with Gasteiger partial charge in [0.15, 0.2) is 0 Å². The normalized spacial score (nSPS) is 12.5. The maximum absolute atomic E-state index is 10.9. The van der Waals surface area contributed by atoms with E-state index in [9.17, 15) is 10.1 Å². The Hall–Kier alpha value is -1.14. The summed E-state index contributed by atoms with van der Waals surface area (Å²) in [4.78, 5) is 10.6. The average Bonchev–Trinajstić information content (AvgIpc) is 2.31. The van der Waals surface area contributed by atoms with E-state index in [0.717, 1.165) is 10.2 Å². The van der Waals surface area contributed by atoms with Gasteiger partial charge in [-0.3, -0.25) is 10.1 Å². The van der Waals surface area contributed by atoms with Crippen LogP contribution in [0.4, 0.5) is 11.4 Å². The molecule has 6 heteroatoms. The zero-order valence-electron chi connectivity index (χ0n) is 11.4. The minimum Gasteiger partial charge on any atom is -0.384 e. The van der Waals surface area contributed by atoms with Gasteiger partial charge in [0.1, 0.15) is 0 Å². The molecule has 0 aromatic heterocycles. The van der Waals surface area contributed by atoms with E-state index in [0.29, 0.717) is 30.5 Å². The van der Waals surface area contributed by atoms with Gasteiger partial charge in [-0.1, -0.05) is 13.8 Å². The molecule has 0 spiro atoms. The monoisotopic (exact) mass is 329 g/mol. The zero-order valence-corrected chi connectivity index (χ0v) is 13.0. The van der Waals surface area contributed by atoms with Crippen LogP contribution < -0.4 is 11.1 Å². The summed E-state index contributed by atoms with van der Waals surface area (Å²) in [5.41, 5.74) is 7.22. The molecule has 1 unspecified atom stereocenters. The minimum atomic E-state index is -0.365. The van der Waals surface area contributed by atoms with Crippen molar-refractivity contribution in [3.05, 3.63) is 32.3 Å². The number of benzene rings is 1. The third kappa shape index (κ3) is 4.18. The van der Waals surface area contributed by atoms with Crippen LogP contribution in [-0.2, 0) is 0 Å². The standard InChI is InChI=1S/C13H20BrN3O2/c1-8(2)10(6-15)7-16-12-5-13(17(18)19)9(3)4-11(12)14/h4-5,8,10,16H,6-7,15H2,1-3H3. The van der Waals surface area contributed by atoms with Gasteiger partial charge in [-0.05, 0) is 47.3 Å². The summed E-state index contributed by atoms with van der Waals surface area (Å²) in [6.07, 6.45) is 0. The lowest BCUT2D eigenvalue weighted by Gasteiger charge is -2.20. The van der Waals surface area contributed by atoms with Crippen molar-refractivity contribution in [3.8, 4) is 0 Å². The molecular formula is C13H20BrN3O2. The Morgan fingerprint density at radius 1 is 1.47 bits per heavy atom. The number of aryl methyl sites for hydroxylation is 1. The number of nitrogens with one attached hydrogen (secondary N) is 1. The molecule has 1 atom stereocenters. The van der Waals surface area contributed by atoms with E-state index >= 15 is 0 Å². The highest BCUT2D eigenvalue weighted by Crippen LogP contribution is 2.30. The fraction of sp³-hybridized carbons (Fsp3) is 0.538. The first-order chi connectivity index (χ1) is 8.86. The van der Waals surface area contributed by atoms with Crippen molar-refractivity contribution in [1.82, 2.24) is 0 Å². The van der Waals surface area contributed by atoms with Crippen LogP contribution in [0.5, 0.6) is 0 Å². The first-order valence-corrected chi connectivity index (χ1v) is 7.04. The second kappa shape index (κ2) is 6.86. The predicted octanol–water partition coefficient (Wildman–Crippen LogP) is 3.31. The molecule has 0 saturated carbocycles. The molecule has 19 heavy (non-hydrogen) atoms. The van der Waals surface area contributed by atoms with Gasteiger partial charge in [0.25, 0.3) is 5.69 Å². The largest absolute Gasteiger partial charge is 0.384 e. The van der Waals surface area contributed by atoms with Gasteiger partial charge in [0.2, 0.25) is 0 Å². The molecule has 1 aromatic rings. The highest BCUT2D eigenvalue weighted by atomic mass is 79.9. The molecule has 0 saturated heterocycles. The average molecular weight is 330 g/mol. The molecule has 0 amide bonds. The van der Waals surface area contributed by atoms with Crippen LogP contribution in [0.2, 0.25) is 0 Å². The SMILES string of the molecule is Cc1cc(Br)c(NCC(CN)C(C)C)cc1[N+](=O)[O-]. The van der Waals surface area contributed by atoms with Gasteiger partial charge >= 0.3 is 0 Å². The molecule has 0 bridgehead atoms. The molecule has 0 aliphatic rings. The number of nitro benzene ring substituents is 1. The molecule has 0 aliphatic carbocycles. The summed E-state index contributed by atoms with van der Waals surface area (Å²) in [6.45, 7) is 7.25. The predicted molar refractivity (Wildman–Crippen MR) is 81.4 cm³/mol. The lowest BCUT2D eigenvalue weighted by atomic mass is 9.96. The molecule has 3 N–H and O–H groups in total. The molecule has 0 aliphatic heterocycles. The van der Waals surface area contributed by atoms with Crippen LogP contribution in [0.25, 0.3) is 0 Å². The topological polar surface area (TPSA) is 81.2 Å². The molecule has 1 rings (SSSR count). The fourth-order valence-corrected chi connectivity index (χ4v) is 2.42. The van der Waals surface area contributed by atoms with E-state index in [-0.39, 0.29) is 10.6 Å². The fourth-order valence-electron chi connectivity index (χ4n) is 1.83. The maximum atomic E-state index is 10.9. The van der Waals surface area contributed by atoms with Crippen LogP contribution in [0, 0.1) is 28.9 Å². The Morgan fingerprint density at radius 3 is 2.58 bits per heavy atom. The van der Waals surface area contributed by atoms with E-state index < -0.39 is 0 Å². The third-order valence-corrected chi connectivity index (χ3v) is 3.94. The molecule has 0 heterocycles. The highest BCUT2D eigenvalue weighted by molar-refractivity contribution is 9.10. The molecule has 0 radical (unpaired) electrons. The molecular weight excluding hydrogens is 310 g/mol. The lowest BCUT2D eigenvalue weighted by Crippen LogP contribution is -2.27. The van der Waals surface area contributed by atoms with Gasteiger partial charge in [0.05, 0.1) is 10.6 Å². The summed E-state index contributed by atoms with van der Waals surface area (Å²) in [6, 6.07) is 3.32. The van der Waals surface area contributed by atoms with Crippen LogP contribution in [0.15, 0.2) is 16.6 Å². The summed E-state index contributed by atoms with van der Waals surface area (Å²) < 4.78 is 0.829. The van der Waals surface area contributed by atoms with Crippen LogP contribution in [-0.4, -0.2) is 18.0 Å². The number of anilines is 1.